The molecule has 0 N–H and O–H groups in total. The number of piperidine rings is 1. The summed E-state index contributed by atoms with van der Waals surface area (Å²) in [6, 6.07) is 4.44. The molecule has 0 spiro atoms. The molecule has 1 heterocycles. The number of likely N-dealkylation sites (tertiary alicyclic amines) is 1. The molecule has 0 radical (unpaired) electrons. The predicted octanol–water partition coefficient (Wildman–Crippen LogP) is 4.61. The van der Waals surface area contributed by atoms with Gasteiger partial charge < -0.3 is 14.4 Å². The first-order valence-corrected chi connectivity index (χ1v) is 10.3. The Morgan fingerprint density at radius 3 is 2.31 bits per heavy atom. The number of benzene rings is 1. The average molecular weight is 406 g/mol. The maximum atomic E-state index is 13.2. The van der Waals surface area contributed by atoms with Crippen LogP contribution in [0.15, 0.2) is 18.2 Å². The molecule has 2 fully saturated rings. The highest BCUT2D eigenvalue weighted by atomic mass is 19.1. The molecule has 2 aliphatic rings. The van der Waals surface area contributed by atoms with Gasteiger partial charge in [-0.15, -0.1) is 0 Å². The number of amides is 1. The summed E-state index contributed by atoms with van der Waals surface area (Å²) in [6.07, 6.45) is 0.136. The molecule has 5 nitrogen and oxygen atoms in total. The lowest BCUT2D eigenvalue weighted by Crippen LogP contribution is -2.37. The fourth-order valence-electron chi connectivity index (χ4n) is 4.17. The number of halogens is 1. The Morgan fingerprint density at radius 1 is 1.14 bits per heavy atom. The van der Waals surface area contributed by atoms with E-state index in [2.05, 4.69) is 0 Å². The number of ketones is 1. The molecule has 6 heteroatoms. The molecule has 1 saturated heterocycles. The van der Waals surface area contributed by atoms with Crippen LogP contribution in [0.2, 0.25) is 0 Å². The van der Waals surface area contributed by atoms with E-state index in [-0.39, 0.29) is 40.9 Å². The largest absolute Gasteiger partial charge is 0.493 e. The fraction of sp³-hybridized carbons (Fsp3) is 0.652. The zero-order valence-corrected chi connectivity index (χ0v) is 18.3. The smallest absolute Gasteiger partial charge is 0.410 e. The van der Waals surface area contributed by atoms with E-state index in [1.165, 1.54) is 12.1 Å². The summed E-state index contributed by atoms with van der Waals surface area (Å²) in [5, 5.41) is 0. The molecule has 0 aromatic heterocycles. The number of rotatable bonds is 6. The van der Waals surface area contributed by atoms with Crippen LogP contribution in [0.5, 0.6) is 5.75 Å². The van der Waals surface area contributed by atoms with Crippen molar-refractivity contribution in [3.63, 3.8) is 0 Å². The van der Waals surface area contributed by atoms with Crippen molar-refractivity contribution >= 4 is 11.9 Å². The Balaban J connectivity index is 1.47. The zero-order valence-electron chi connectivity index (χ0n) is 18.3. The second kappa shape index (κ2) is 7.62. The Kier molecular flexibility index (Phi) is 5.67. The van der Waals surface area contributed by atoms with Crippen LogP contribution in [0.3, 0.4) is 0 Å². The summed E-state index contributed by atoms with van der Waals surface area (Å²) >= 11 is 0. The van der Waals surface area contributed by atoms with E-state index in [9.17, 15) is 14.0 Å². The minimum Gasteiger partial charge on any atom is -0.493 e. The first-order valence-electron chi connectivity index (χ1n) is 10.3. The third-order valence-corrected chi connectivity index (χ3v) is 5.63. The lowest BCUT2D eigenvalue weighted by Gasteiger charge is -2.27. The number of hydrogen-bond donors (Lipinski definition) is 0. The van der Waals surface area contributed by atoms with Crippen molar-refractivity contribution in [2.75, 3.05) is 19.7 Å². The van der Waals surface area contributed by atoms with Crippen molar-refractivity contribution in [3.05, 3.63) is 29.6 Å². The molecule has 1 saturated carbocycles. The van der Waals surface area contributed by atoms with E-state index >= 15 is 0 Å². The number of aryl methyl sites for hydroxylation is 1. The van der Waals surface area contributed by atoms with Gasteiger partial charge in [-0.3, -0.25) is 4.79 Å². The van der Waals surface area contributed by atoms with Crippen molar-refractivity contribution in [1.82, 2.24) is 4.90 Å². The molecule has 160 valence electrons. The van der Waals surface area contributed by atoms with Gasteiger partial charge >= 0.3 is 6.09 Å². The first kappa shape index (κ1) is 21.6. The van der Waals surface area contributed by atoms with E-state index in [0.717, 1.165) is 5.56 Å². The van der Waals surface area contributed by atoms with E-state index in [4.69, 9.17) is 9.47 Å². The van der Waals surface area contributed by atoms with Gasteiger partial charge in [-0.05, 0) is 63.3 Å². The summed E-state index contributed by atoms with van der Waals surface area (Å²) in [5.41, 5.74) is -0.0860. The van der Waals surface area contributed by atoms with Crippen LogP contribution in [0.4, 0.5) is 9.18 Å². The lowest BCUT2D eigenvalue weighted by molar-refractivity contribution is -0.123. The van der Waals surface area contributed by atoms with Gasteiger partial charge in [0.15, 0.2) is 0 Å². The monoisotopic (exact) mass is 405 g/mol. The van der Waals surface area contributed by atoms with Crippen LogP contribution in [0.1, 0.15) is 46.6 Å². The minimum atomic E-state index is -0.508. The van der Waals surface area contributed by atoms with Crippen LogP contribution in [-0.4, -0.2) is 42.1 Å². The Hall–Kier alpha value is -2.11. The summed E-state index contributed by atoms with van der Waals surface area (Å²) in [5.74, 6) is 1.15. The number of carbonyl (C=O) groups excluding carboxylic acids is 2. The first-order chi connectivity index (χ1) is 13.4. The van der Waals surface area contributed by atoms with Crippen molar-refractivity contribution in [2.45, 2.75) is 53.6 Å². The number of ether oxygens (including phenoxy) is 2. The highest BCUT2D eigenvalue weighted by molar-refractivity contribution is 5.85. The molecular formula is C23H32FNO4. The summed E-state index contributed by atoms with van der Waals surface area (Å²) in [7, 11) is 0. The molecule has 1 aromatic rings. The number of hydrogen-bond acceptors (Lipinski definition) is 4. The third-order valence-electron chi connectivity index (χ3n) is 5.63. The summed E-state index contributed by atoms with van der Waals surface area (Å²) < 4.78 is 24.5. The fourth-order valence-corrected chi connectivity index (χ4v) is 4.17. The number of nitrogens with zero attached hydrogens (tertiary/aromatic N) is 1. The van der Waals surface area contributed by atoms with E-state index in [1.54, 1.807) is 17.9 Å². The third kappa shape index (κ3) is 5.28. The van der Waals surface area contributed by atoms with Crippen LogP contribution >= 0.6 is 0 Å². The van der Waals surface area contributed by atoms with Crippen LogP contribution in [-0.2, 0) is 9.53 Å². The molecule has 1 amide bonds. The Bertz CT molecular complexity index is 787. The standard InChI is InChI=1S/C23H32FNO4/c1-14-9-15(24)7-8-19(14)28-13-23(5,6)10-18(26)20-16-11-25(12-17(16)20)21(27)29-22(2,3)4/h7-9,16-17,20H,10-13H2,1-6H3/t16-,17+,20+. The van der Waals surface area contributed by atoms with Crippen molar-refractivity contribution in [2.24, 2.45) is 23.2 Å². The SMILES string of the molecule is Cc1cc(F)ccc1OCC(C)(C)CC(=O)[C@H]1[C@@H]2CN(C(=O)OC(C)(C)C)C[C@@H]21. The second-order valence-electron chi connectivity index (χ2n) is 10.2. The van der Waals surface area contributed by atoms with E-state index < -0.39 is 5.60 Å². The average Bonchev–Trinajstić information content (AvgIpc) is 3.06. The lowest BCUT2D eigenvalue weighted by atomic mass is 9.86. The highest BCUT2D eigenvalue weighted by Crippen LogP contribution is 2.53. The molecule has 1 aromatic carbocycles. The molecular weight excluding hydrogens is 373 g/mol. The van der Waals surface area contributed by atoms with E-state index in [1.807, 2.05) is 34.6 Å². The number of fused-ring (bicyclic) bond motifs is 1. The van der Waals surface area contributed by atoms with Gasteiger partial charge in [0.25, 0.3) is 0 Å². The van der Waals surface area contributed by atoms with Gasteiger partial charge in [-0.2, -0.15) is 0 Å². The van der Waals surface area contributed by atoms with Crippen LogP contribution in [0, 0.1) is 35.9 Å². The van der Waals surface area contributed by atoms with Crippen LogP contribution in [0.25, 0.3) is 0 Å². The van der Waals surface area contributed by atoms with Crippen molar-refractivity contribution < 1.29 is 23.5 Å². The van der Waals surface area contributed by atoms with E-state index in [0.29, 0.717) is 31.9 Å². The van der Waals surface area contributed by atoms with Crippen LogP contribution < -0.4 is 4.74 Å². The Morgan fingerprint density at radius 2 is 1.76 bits per heavy atom. The maximum absolute atomic E-state index is 13.2. The minimum absolute atomic E-state index is 0.0421. The molecule has 0 unspecified atom stereocenters. The van der Waals surface area contributed by atoms with Gasteiger partial charge in [-0.1, -0.05) is 13.8 Å². The second-order valence-corrected chi connectivity index (χ2v) is 10.2. The highest BCUT2D eigenvalue weighted by Gasteiger charge is 2.60. The molecule has 29 heavy (non-hydrogen) atoms. The molecule has 3 atom stereocenters. The van der Waals surface area contributed by atoms with Gasteiger partial charge in [0.1, 0.15) is 23.0 Å². The normalized spacial score (nSPS) is 23.6. The molecule has 1 aliphatic carbocycles. The number of Topliss-reactive ketones (excluding diaryl/α,β-unsaturated/α-hetero) is 1. The topological polar surface area (TPSA) is 55.8 Å². The summed E-state index contributed by atoms with van der Waals surface area (Å²) in [6.45, 7) is 13.0. The van der Waals surface area contributed by atoms with Crippen molar-refractivity contribution in [3.8, 4) is 5.75 Å². The zero-order chi connectivity index (χ0) is 21.6. The molecule has 3 rings (SSSR count). The van der Waals surface area contributed by atoms with Gasteiger partial charge in [0.2, 0.25) is 0 Å². The quantitative estimate of drug-likeness (QED) is 0.693. The Labute approximate surface area is 172 Å². The molecule has 0 bridgehead atoms. The maximum Gasteiger partial charge on any atom is 0.410 e. The summed E-state index contributed by atoms with van der Waals surface area (Å²) in [4.78, 5) is 26.7. The van der Waals surface area contributed by atoms with Gasteiger partial charge in [0, 0.05) is 30.8 Å². The van der Waals surface area contributed by atoms with Gasteiger partial charge in [-0.25, -0.2) is 9.18 Å². The van der Waals surface area contributed by atoms with Crippen molar-refractivity contribution in [1.29, 1.82) is 0 Å². The number of carbonyl (C=O) groups is 2. The molecule has 1 aliphatic heterocycles. The van der Waals surface area contributed by atoms with Gasteiger partial charge in [0.05, 0.1) is 6.61 Å². The predicted molar refractivity (Wildman–Crippen MR) is 108 cm³/mol.